The van der Waals surface area contributed by atoms with E-state index in [0.717, 1.165) is 41.0 Å². The van der Waals surface area contributed by atoms with Crippen molar-refractivity contribution >= 4 is 11.8 Å². The Hall–Kier alpha value is -3.16. The largest absolute Gasteiger partial charge is 0.489 e. The number of ether oxygens (including phenoxy) is 1. The van der Waals surface area contributed by atoms with Crippen molar-refractivity contribution < 1.29 is 4.74 Å². The van der Waals surface area contributed by atoms with Gasteiger partial charge in [-0.15, -0.1) is 5.10 Å². The highest BCUT2D eigenvalue weighted by molar-refractivity contribution is 7.99. The van der Waals surface area contributed by atoms with Gasteiger partial charge in [0.15, 0.2) is 0 Å². The average molecular weight is 432 g/mol. The molecule has 1 aromatic heterocycles. The average Bonchev–Trinajstić information content (AvgIpc) is 3.28. The van der Waals surface area contributed by atoms with Crippen LogP contribution in [-0.2, 0) is 13.2 Å². The van der Waals surface area contributed by atoms with Crippen LogP contribution in [0.5, 0.6) is 5.75 Å². The molecule has 3 aromatic carbocycles. The van der Waals surface area contributed by atoms with Crippen LogP contribution in [0.4, 0.5) is 0 Å². The summed E-state index contributed by atoms with van der Waals surface area (Å²) in [6, 6.07) is 26.4. The number of hydrogen-bond acceptors (Lipinski definition) is 6. The van der Waals surface area contributed by atoms with E-state index in [9.17, 15) is 0 Å². The van der Waals surface area contributed by atoms with Crippen LogP contribution in [0.3, 0.4) is 0 Å². The van der Waals surface area contributed by atoms with E-state index >= 15 is 0 Å². The highest BCUT2D eigenvalue weighted by atomic mass is 32.2. The third-order valence-electron chi connectivity index (χ3n) is 4.88. The summed E-state index contributed by atoms with van der Waals surface area (Å²) in [4.78, 5) is 0. The van der Waals surface area contributed by atoms with Crippen LogP contribution in [-0.4, -0.2) is 32.5 Å². The fourth-order valence-corrected chi connectivity index (χ4v) is 3.94. The smallest absolute Gasteiger partial charge is 0.214 e. The fourth-order valence-electron chi connectivity index (χ4n) is 3.16. The molecule has 1 heterocycles. The number of aryl methyl sites for hydroxylation is 1. The van der Waals surface area contributed by atoms with Crippen molar-refractivity contribution in [3.05, 3.63) is 95.6 Å². The Kier molecular flexibility index (Phi) is 7.31. The number of nitrogens with zero attached hydrogens (tertiary/aromatic N) is 4. The number of nitrogens with one attached hydrogen (secondary N) is 1. The van der Waals surface area contributed by atoms with Crippen molar-refractivity contribution in [3.63, 3.8) is 0 Å². The van der Waals surface area contributed by atoms with Crippen molar-refractivity contribution in [1.82, 2.24) is 25.5 Å². The number of para-hydroxylation sites is 2. The molecule has 0 aliphatic rings. The Morgan fingerprint density at radius 2 is 1.65 bits per heavy atom. The molecule has 0 fully saturated rings. The molecule has 0 saturated heterocycles. The molecule has 0 aliphatic carbocycles. The topological polar surface area (TPSA) is 64.9 Å². The van der Waals surface area contributed by atoms with Crippen LogP contribution < -0.4 is 10.1 Å². The molecule has 4 rings (SSSR count). The first-order valence-corrected chi connectivity index (χ1v) is 11.2. The van der Waals surface area contributed by atoms with Crippen LogP contribution in [0.15, 0.2) is 84.0 Å². The van der Waals surface area contributed by atoms with Crippen LogP contribution >= 0.6 is 11.8 Å². The molecule has 0 spiro atoms. The van der Waals surface area contributed by atoms with Crippen LogP contribution in [0.25, 0.3) is 5.69 Å². The zero-order valence-electron chi connectivity index (χ0n) is 17.4. The lowest BCUT2D eigenvalue weighted by molar-refractivity contribution is 0.301. The number of aromatic nitrogens is 4. The van der Waals surface area contributed by atoms with Gasteiger partial charge in [-0.1, -0.05) is 72.4 Å². The standard InChI is InChI=1S/C24H25N5OS/c1-19-9-5-6-11-21(19)18-30-23-14-8-7-10-20(23)17-25-15-16-31-24-26-27-28-29(24)22-12-3-2-4-13-22/h2-14,25H,15-18H2,1H3. The summed E-state index contributed by atoms with van der Waals surface area (Å²) < 4.78 is 7.87. The lowest BCUT2D eigenvalue weighted by atomic mass is 10.1. The van der Waals surface area contributed by atoms with Crippen molar-refractivity contribution in [2.45, 2.75) is 25.2 Å². The quantitative estimate of drug-likeness (QED) is 0.296. The fraction of sp³-hybridized carbons (Fsp3) is 0.208. The van der Waals surface area contributed by atoms with Gasteiger partial charge in [0.1, 0.15) is 12.4 Å². The summed E-state index contributed by atoms with van der Waals surface area (Å²) in [5, 5.41) is 16.3. The van der Waals surface area contributed by atoms with E-state index < -0.39 is 0 Å². The van der Waals surface area contributed by atoms with E-state index in [2.05, 4.69) is 46.0 Å². The zero-order valence-corrected chi connectivity index (χ0v) is 18.3. The first kappa shape index (κ1) is 21.1. The summed E-state index contributed by atoms with van der Waals surface area (Å²) in [7, 11) is 0. The Morgan fingerprint density at radius 1 is 0.903 bits per heavy atom. The molecular weight excluding hydrogens is 406 g/mol. The number of benzene rings is 3. The second kappa shape index (κ2) is 10.7. The maximum atomic E-state index is 6.11. The molecule has 0 atom stereocenters. The van der Waals surface area contributed by atoms with Gasteiger partial charge in [-0.25, -0.2) is 0 Å². The Bertz CT molecular complexity index is 1100. The molecule has 4 aromatic rings. The van der Waals surface area contributed by atoms with Crippen LogP contribution in [0.2, 0.25) is 0 Å². The van der Waals surface area contributed by atoms with E-state index in [0.29, 0.717) is 6.61 Å². The highest BCUT2D eigenvalue weighted by Crippen LogP contribution is 2.21. The van der Waals surface area contributed by atoms with E-state index in [1.807, 2.05) is 60.7 Å². The zero-order chi connectivity index (χ0) is 21.3. The van der Waals surface area contributed by atoms with Gasteiger partial charge in [-0.05, 0) is 46.7 Å². The first-order chi connectivity index (χ1) is 15.3. The number of thioether (sulfide) groups is 1. The predicted molar refractivity (Wildman–Crippen MR) is 124 cm³/mol. The van der Waals surface area contributed by atoms with Gasteiger partial charge in [-0.2, -0.15) is 4.68 Å². The molecule has 0 amide bonds. The summed E-state index contributed by atoms with van der Waals surface area (Å²) in [6.45, 7) is 4.26. The van der Waals surface area contributed by atoms with Gasteiger partial charge >= 0.3 is 0 Å². The molecule has 158 valence electrons. The molecule has 31 heavy (non-hydrogen) atoms. The van der Waals surface area contributed by atoms with Crippen molar-refractivity contribution in [2.24, 2.45) is 0 Å². The predicted octanol–water partition coefficient (Wildman–Crippen LogP) is 4.43. The van der Waals surface area contributed by atoms with Crippen molar-refractivity contribution in [3.8, 4) is 11.4 Å². The van der Waals surface area contributed by atoms with Gasteiger partial charge in [0.05, 0.1) is 5.69 Å². The van der Waals surface area contributed by atoms with Crippen molar-refractivity contribution in [1.29, 1.82) is 0 Å². The Labute approximate surface area is 186 Å². The van der Waals surface area contributed by atoms with Gasteiger partial charge in [0, 0.05) is 24.4 Å². The SMILES string of the molecule is Cc1ccccc1COc1ccccc1CNCCSc1nnnn1-c1ccccc1. The van der Waals surface area contributed by atoms with Crippen molar-refractivity contribution in [2.75, 3.05) is 12.3 Å². The highest BCUT2D eigenvalue weighted by Gasteiger charge is 2.09. The lowest BCUT2D eigenvalue weighted by Crippen LogP contribution is -2.17. The second-order valence-corrected chi connectivity index (χ2v) is 8.12. The monoisotopic (exact) mass is 431 g/mol. The van der Waals surface area contributed by atoms with E-state index in [-0.39, 0.29) is 0 Å². The second-order valence-electron chi connectivity index (χ2n) is 7.06. The normalized spacial score (nSPS) is 10.9. The summed E-state index contributed by atoms with van der Waals surface area (Å²) >= 11 is 1.63. The molecular formula is C24H25N5OS. The molecule has 6 nitrogen and oxygen atoms in total. The molecule has 0 unspecified atom stereocenters. The Balaban J connectivity index is 1.26. The molecule has 0 radical (unpaired) electrons. The summed E-state index contributed by atoms with van der Waals surface area (Å²) in [5.41, 5.74) is 4.56. The third kappa shape index (κ3) is 5.71. The molecule has 0 saturated carbocycles. The summed E-state index contributed by atoms with van der Waals surface area (Å²) in [6.07, 6.45) is 0. The molecule has 7 heteroatoms. The molecule has 0 aliphatic heterocycles. The molecule has 0 bridgehead atoms. The third-order valence-corrected chi connectivity index (χ3v) is 5.81. The number of rotatable bonds is 10. The van der Waals surface area contributed by atoms with Gasteiger partial charge < -0.3 is 10.1 Å². The van der Waals surface area contributed by atoms with E-state index in [1.165, 1.54) is 11.1 Å². The minimum Gasteiger partial charge on any atom is -0.489 e. The van der Waals surface area contributed by atoms with Gasteiger partial charge in [0.25, 0.3) is 0 Å². The minimum atomic E-state index is 0.571. The lowest BCUT2D eigenvalue weighted by Gasteiger charge is -2.13. The maximum Gasteiger partial charge on any atom is 0.214 e. The first-order valence-electron chi connectivity index (χ1n) is 10.2. The van der Waals surface area contributed by atoms with Crippen LogP contribution in [0, 0.1) is 6.92 Å². The van der Waals surface area contributed by atoms with Crippen LogP contribution in [0.1, 0.15) is 16.7 Å². The summed E-state index contributed by atoms with van der Waals surface area (Å²) in [5.74, 6) is 1.78. The maximum absolute atomic E-state index is 6.11. The molecule has 1 N–H and O–H groups in total. The van der Waals surface area contributed by atoms with E-state index in [4.69, 9.17) is 4.74 Å². The number of tetrazole rings is 1. The van der Waals surface area contributed by atoms with E-state index in [1.54, 1.807) is 16.4 Å². The van der Waals surface area contributed by atoms with Gasteiger partial charge in [0.2, 0.25) is 5.16 Å². The van der Waals surface area contributed by atoms with Gasteiger partial charge in [-0.3, -0.25) is 0 Å². The minimum absolute atomic E-state index is 0.571. The number of hydrogen-bond donors (Lipinski definition) is 1. The Morgan fingerprint density at radius 3 is 2.48 bits per heavy atom.